The molecule has 1 aromatic heterocycles. The number of aromatic nitrogens is 1. The average Bonchev–Trinajstić information content (AvgIpc) is 2.46. The third kappa shape index (κ3) is 3.15. The van der Waals surface area contributed by atoms with Crippen LogP contribution in [-0.2, 0) is 11.3 Å². The van der Waals surface area contributed by atoms with Crippen LogP contribution < -0.4 is 5.73 Å². The molecule has 0 aliphatic carbocycles. The lowest BCUT2D eigenvalue weighted by Crippen LogP contribution is -2.29. The van der Waals surface area contributed by atoms with E-state index in [4.69, 9.17) is 10.5 Å². The van der Waals surface area contributed by atoms with Crippen molar-refractivity contribution in [2.45, 2.75) is 26.0 Å². The average molecular weight is 227 g/mol. The Morgan fingerprint density at radius 1 is 1.73 bits per heavy atom. The maximum absolute atomic E-state index is 5.61. The minimum Gasteiger partial charge on any atom is -0.377 e. The van der Waals surface area contributed by atoms with E-state index in [0.29, 0.717) is 11.2 Å². The van der Waals surface area contributed by atoms with Gasteiger partial charge in [-0.05, 0) is 13.3 Å². The largest absolute Gasteiger partial charge is 0.377 e. The first-order valence-electron chi connectivity index (χ1n) is 5.28. The molecule has 2 heterocycles. The first-order valence-corrected chi connectivity index (χ1v) is 6.16. The van der Waals surface area contributed by atoms with Gasteiger partial charge >= 0.3 is 0 Å². The molecule has 84 valence electrons. The second kappa shape index (κ2) is 4.92. The molecule has 0 saturated carbocycles. The molecule has 1 aliphatic rings. The molecule has 2 N–H and O–H groups in total. The lowest BCUT2D eigenvalue weighted by molar-refractivity contribution is 0.0666. The number of rotatable bonds is 2. The van der Waals surface area contributed by atoms with Crippen molar-refractivity contribution < 1.29 is 4.74 Å². The summed E-state index contributed by atoms with van der Waals surface area (Å²) in [6, 6.07) is 0. The number of thiazole rings is 1. The Morgan fingerprint density at radius 3 is 3.33 bits per heavy atom. The number of ether oxygens (including phenoxy) is 1. The fraction of sp³-hybridized carbons (Fsp3) is 0.700. The zero-order valence-corrected chi connectivity index (χ0v) is 9.80. The predicted molar refractivity (Wildman–Crippen MR) is 61.8 cm³/mol. The van der Waals surface area contributed by atoms with Crippen LogP contribution in [0.5, 0.6) is 0 Å². The number of hydrogen-bond donors (Lipinski definition) is 1. The Morgan fingerprint density at radius 2 is 2.60 bits per heavy atom. The SMILES string of the molecule is CC1CN(Cc2csc(N)n2)CCCO1. The van der Waals surface area contributed by atoms with Crippen LogP contribution in [0.4, 0.5) is 5.13 Å². The highest BCUT2D eigenvalue weighted by Gasteiger charge is 2.15. The van der Waals surface area contributed by atoms with E-state index in [1.165, 1.54) is 11.3 Å². The van der Waals surface area contributed by atoms with Crippen LogP contribution >= 0.6 is 11.3 Å². The van der Waals surface area contributed by atoms with Gasteiger partial charge in [0.25, 0.3) is 0 Å². The van der Waals surface area contributed by atoms with E-state index < -0.39 is 0 Å². The Labute approximate surface area is 94.1 Å². The van der Waals surface area contributed by atoms with Gasteiger partial charge in [-0.15, -0.1) is 11.3 Å². The van der Waals surface area contributed by atoms with Crippen molar-refractivity contribution in [2.24, 2.45) is 0 Å². The van der Waals surface area contributed by atoms with Gasteiger partial charge in [0, 0.05) is 31.6 Å². The molecule has 2 rings (SSSR count). The third-order valence-corrected chi connectivity index (χ3v) is 3.21. The standard InChI is InChI=1S/C10H17N3OS/c1-8-5-13(3-2-4-14-8)6-9-7-15-10(11)12-9/h7-8H,2-6H2,1H3,(H2,11,12). The van der Waals surface area contributed by atoms with E-state index in [0.717, 1.165) is 38.4 Å². The molecule has 1 saturated heterocycles. The molecule has 1 unspecified atom stereocenters. The fourth-order valence-corrected chi connectivity index (χ4v) is 2.40. The summed E-state index contributed by atoms with van der Waals surface area (Å²) >= 11 is 1.51. The zero-order chi connectivity index (χ0) is 10.7. The number of hydrogen-bond acceptors (Lipinski definition) is 5. The van der Waals surface area contributed by atoms with Crippen molar-refractivity contribution in [1.82, 2.24) is 9.88 Å². The van der Waals surface area contributed by atoms with E-state index in [9.17, 15) is 0 Å². The maximum Gasteiger partial charge on any atom is 0.180 e. The topological polar surface area (TPSA) is 51.4 Å². The highest BCUT2D eigenvalue weighted by atomic mass is 32.1. The lowest BCUT2D eigenvalue weighted by atomic mass is 10.3. The van der Waals surface area contributed by atoms with Gasteiger partial charge in [0.1, 0.15) is 0 Å². The fourth-order valence-electron chi connectivity index (χ4n) is 1.85. The molecule has 15 heavy (non-hydrogen) atoms. The van der Waals surface area contributed by atoms with Gasteiger partial charge in [0.15, 0.2) is 5.13 Å². The predicted octanol–water partition coefficient (Wildman–Crippen LogP) is 1.34. The molecule has 1 aromatic rings. The normalized spacial score (nSPS) is 23.9. The Kier molecular flexibility index (Phi) is 3.56. The monoisotopic (exact) mass is 227 g/mol. The van der Waals surface area contributed by atoms with Gasteiger partial charge in [0.05, 0.1) is 11.8 Å². The first-order chi connectivity index (χ1) is 7.24. The van der Waals surface area contributed by atoms with Crippen molar-refractivity contribution in [3.05, 3.63) is 11.1 Å². The Balaban J connectivity index is 1.92. The smallest absolute Gasteiger partial charge is 0.180 e. The summed E-state index contributed by atoms with van der Waals surface area (Å²) in [7, 11) is 0. The summed E-state index contributed by atoms with van der Waals surface area (Å²) in [6.07, 6.45) is 1.42. The molecule has 1 fully saturated rings. The zero-order valence-electron chi connectivity index (χ0n) is 8.98. The van der Waals surface area contributed by atoms with Crippen LogP contribution in [0.25, 0.3) is 0 Å². The van der Waals surface area contributed by atoms with Crippen molar-refractivity contribution >= 4 is 16.5 Å². The van der Waals surface area contributed by atoms with Crippen LogP contribution in [-0.4, -0.2) is 35.7 Å². The molecule has 4 nitrogen and oxygen atoms in total. The second-order valence-corrected chi connectivity index (χ2v) is 4.84. The summed E-state index contributed by atoms with van der Waals surface area (Å²) in [4.78, 5) is 6.66. The Bertz CT molecular complexity index is 315. The van der Waals surface area contributed by atoms with E-state index in [-0.39, 0.29) is 0 Å². The maximum atomic E-state index is 5.61. The number of nitrogens with zero attached hydrogens (tertiary/aromatic N) is 2. The molecule has 0 bridgehead atoms. The third-order valence-electron chi connectivity index (χ3n) is 2.49. The van der Waals surface area contributed by atoms with Gasteiger partial charge < -0.3 is 10.5 Å². The van der Waals surface area contributed by atoms with Gasteiger partial charge in [-0.25, -0.2) is 4.98 Å². The second-order valence-electron chi connectivity index (χ2n) is 3.95. The van der Waals surface area contributed by atoms with Crippen LogP contribution in [0.15, 0.2) is 5.38 Å². The number of nitrogens with two attached hydrogens (primary N) is 1. The van der Waals surface area contributed by atoms with Crippen molar-refractivity contribution in [3.63, 3.8) is 0 Å². The molecule has 0 aromatic carbocycles. The minimum atomic E-state index is 0.323. The van der Waals surface area contributed by atoms with E-state index in [1.54, 1.807) is 0 Å². The van der Waals surface area contributed by atoms with E-state index in [2.05, 4.69) is 16.8 Å². The molecule has 0 radical (unpaired) electrons. The molecule has 1 aliphatic heterocycles. The summed E-state index contributed by atoms with van der Waals surface area (Å²) in [5, 5.41) is 2.69. The Hall–Kier alpha value is -0.650. The number of nitrogen functional groups attached to an aromatic ring is 1. The molecule has 1 atom stereocenters. The van der Waals surface area contributed by atoms with Crippen LogP contribution in [0, 0.1) is 0 Å². The molecule has 0 spiro atoms. The van der Waals surface area contributed by atoms with E-state index in [1.807, 2.05) is 5.38 Å². The summed E-state index contributed by atoms with van der Waals surface area (Å²) in [5.41, 5.74) is 6.68. The van der Waals surface area contributed by atoms with Crippen LogP contribution in [0.1, 0.15) is 19.0 Å². The molecular weight excluding hydrogens is 210 g/mol. The molecular formula is C10H17N3OS. The molecule has 5 heteroatoms. The minimum absolute atomic E-state index is 0.323. The van der Waals surface area contributed by atoms with Gasteiger partial charge in [-0.1, -0.05) is 0 Å². The number of anilines is 1. The van der Waals surface area contributed by atoms with Crippen LogP contribution in [0.2, 0.25) is 0 Å². The van der Waals surface area contributed by atoms with Crippen molar-refractivity contribution in [3.8, 4) is 0 Å². The first kappa shape index (κ1) is 10.9. The van der Waals surface area contributed by atoms with Crippen molar-refractivity contribution in [1.29, 1.82) is 0 Å². The van der Waals surface area contributed by atoms with Gasteiger partial charge in [0.2, 0.25) is 0 Å². The summed E-state index contributed by atoms with van der Waals surface area (Å²) in [6.45, 7) is 5.95. The van der Waals surface area contributed by atoms with Gasteiger partial charge in [-0.3, -0.25) is 4.90 Å². The highest BCUT2D eigenvalue weighted by molar-refractivity contribution is 7.13. The van der Waals surface area contributed by atoms with Gasteiger partial charge in [-0.2, -0.15) is 0 Å². The summed E-state index contributed by atoms with van der Waals surface area (Å²) < 4.78 is 5.59. The molecule has 0 amide bonds. The van der Waals surface area contributed by atoms with Crippen molar-refractivity contribution in [2.75, 3.05) is 25.4 Å². The highest BCUT2D eigenvalue weighted by Crippen LogP contribution is 2.14. The van der Waals surface area contributed by atoms with E-state index >= 15 is 0 Å². The quantitative estimate of drug-likeness (QED) is 0.828. The van der Waals surface area contributed by atoms with Crippen LogP contribution in [0.3, 0.4) is 0 Å². The lowest BCUT2D eigenvalue weighted by Gasteiger charge is -2.20. The summed E-state index contributed by atoms with van der Waals surface area (Å²) in [5.74, 6) is 0.